The summed E-state index contributed by atoms with van der Waals surface area (Å²) in [5.74, 6) is -0.455. The van der Waals surface area contributed by atoms with Crippen molar-refractivity contribution in [2.45, 2.75) is 6.54 Å². The summed E-state index contributed by atoms with van der Waals surface area (Å²) in [6.07, 6.45) is 1.78. The van der Waals surface area contributed by atoms with Crippen LogP contribution in [0.2, 0.25) is 10.0 Å². The molecule has 0 fully saturated rings. The lowest BCUT2D eigenvalue weighted by molar-refractivity contribution is -0.116. The molecule has 1 N–H and O–H groups in total. The van der Waals surface area contributed by atoms with E-state index in [-0.39, 0.29) is 6.54 Å². The van der Waals surface area contributed by atoms with Gasteiger partial charge in [-0.15, -0.1) is 0 Å². The topological polar surface area (TPSA) is 78.0 Å². The van der Waals surface area contributed by atoms with Crippen molar-refractivity contribution in [3.8, 4) is 11.1 Å². The highest BCUT2D eigenvalue weighted by atomic mass is 35.5. The fourth-order valence-electron chi connectivity index (χ4n) is 3.61. The largest absolute Gasteiger partial charge is 0.344 e. The maximum Gasteiger partial charge on any atom is 0.331 e. The van der Waals surface area contributed by atoms with Gasteiger partial charge in [0.2, 0.25) is 5.91 Å². The minimum Gasteiger partial charge on any atom is -0.344 e. The van der Waals surface area contributed by atoms with E-state index in [2.05, 4.69) is 5.32 Å². The van der Waals surface area contributed by atoms with Crippen molar-refractivity contribution in [2.75, 3.05) is 5.32 Å². The standard InChI is InChI=1S/C22H18Cl2N4O3/c1-26-11-17(13-6-4-3-5-7-13)19-20(26)21(30)27(2)22(31)28(19)12-18(29)25-16-9-14(23)8-15(24)10-16/h3-11H,12H2,1-2H3,(H,25,29). The number of aryl methyl sites for hydroxylation is 1. The van der Waals surface area contributed by atoms with E-state index in [1.165, 1.54) is 11.6 Å². The quantitative estimate of drug-likeness (QED) is 0.508. The molecule has 0 aliphatic carbocycles. The zero-order valence-electron chi connectivity index (χ0n) is 16.7. The van der Waals surface area contributed by atoms with Crippen LogP contribution in [0.15, 0.2) is 64.3 Å². The van der Waals surface area contributed by atoms with Crippen molar-refractivity contribution in [2.24, 2.45) is 14.1 Å². The fraction of sp³-hybridized carbons (Fsp3) is 0.136. The summed E-state index contributed by atoms with van der Waals surface area (Å²) in [7, 11) is 3.13. The lowest BCUT2D eigenvalue weighted by atomic mass is 10.1. The summed E-state index contributed by atoms with van der Waals surface area (Å²) in [4.78, 5) is 38.6. The van der Waals surface area contributed by atoms with E-state index in [9.17, 15) is 14.4 Å². The Hall–Kier alpha value is -3.29. The van der Waals surface area contributed by atoms with Crippen LogP contribution in [0.3, 0.4) is 0 Å². The molecule has 0 aliphatic heterocycles. The first-order valence-electron chi connectivity index (χ1n) is 9.36. The number of amides is 1. The van der Waals surface area contributed by atoms with E-state index in [4.69, 9.17) is 23.2 Å². The molecule has 0 radical (unpaired) electrons. The molecule has 7 nitrogen and oxygen atoms in total. The smallest absolute Gasteiger partial charge is 0.331 e. The van der Waals surface area contributed by atoms with Crippen LogP contribution in [0, 0.1) is 0 Å². The lowest BCUT2D eigenvalue weighted by Gasteiger charge is -2.12. The maximum atomic E-state index is 13.0. The van der Waals surface area contributed by atoms with E-state index >= 15 is 0 Å². The molecule has 0 saturated carbocycles. The number of nitrogens with one attached hydrogen (secondary N) is 1. The Labute approximate surface area is 187 Å². The van der Waals surface area contributed by atoms with Gasteiger partial charge in [-0.2, -0.15) is 0 Å². The SMILES string of the molecule is Cn1c(=O)c2c(c(-c3ccccc3)cn2C)n(CC(=O)Nc2cc(Cl)cc(Cl)c2)c1=O. The Morgan fingerprint density at radius 3 is 2.26 bits per heavy atom. The van der Waals surface area contributed by atoms with Crippen LogP contribution in [0.5, 0.6) is 0 Å². The lowest BCUT2D eigenvalue weighted by Crippen LogP contribution is -2.40. The van der Waals surface area contributed by atoms with Gasteiger partial charge >= 0.3 is 5.69 Å². The van der Waals surface area contributed by atoms with Crippen LogP contribution < -0.4 is 16.6 Å². The molecule has 0 unspecified atom stereocenters. The van der Waals surface area contributed by atoms with Gasteiger partial charge in [0, 0.05) is 41.6 Å². The first-order valence-corrected chi connectivity index (χ1v) is 10.1. The summed E-state index contributed by atoms with van der Waals surface area (Å²) in [5.41, 5.74) is 1.65. The van der Waals surface area contributed by atoms with Gasteiger partial charge in [0.25, 0.3) is 5.56 Å². The summed E-state index contributed by atoms with van der Waals surface area (Å²) < 4.78 is 3.98. The number of nitrogens with zero attached hydrogens (tertiary/aromatic N) is 3. The highest BCUT2D eigenvalue weighted by molar-refractivity contribution is 6.35. The Morgan fingerprint density at radius 2 is 1.61 bits per heavy atom. The van der Waals surface area contributed by atoms with Gasteiger partial charge in [-0.25, -0.2) is 4.79 Å². The average molecular weight is 457 g/mol. The van der Waals surface area contributed by atoms with Gasteiger partial charge in [-0.05, 0) is 23.8 Å². The second-order valence-corrected chi connectivity index (χ2v) is 8.03. The number of halogens is 2. The number of fused-ring (bicyclic) bond motifs is 1. The predicted octanol–water partition coefficient (Wildman–Crippen LogP) is 3.65. The molecule has 2 aromatic carbocycles. The molecule has 0 saturated heterocycles. The number of hydrogen-bond acceptors (Lipinski definition) is 3. The zero-order valence-corrected chi connectivity index (χ0v) is 18.2. The molecule has 9 heteroatoms. The summed E-state index contributed by atoms with van der Waals surface area (Å²) >= 11 is 12.0. The number of aromatic nitrogens is 3. The van der Waals surface area contributed by atoms with E-state index in [0.717, 1.165) is 10.1 Å². The van der Waals surface area contributed by atoms with Crippen LogP contribution >= 0.6 is 23.2 Å². The molecule has 2 aromatic heterocycles. The Bertz CT molecular complexity index is 1420. The van der Waals surface area contributed by atoms with Crippen molar-refractivity contribution in [3.63, 3.8) is 0 Å². The average Bonchev–Trinajstić information content (AvgIpc) is 3.06. The predicted molar refractivity (Wildman–Crippen MR) is 123 cm³/mol. The Kier molecular flexibility index (Phi) is 5.47. The number of carbonyl (C=O) groups excluding carboxylic acids is 1. The molecule has 1 amide bonds. The third kappa shape index (κ3) is 3.89. The van der Waals surface area contributed by atoms with Crippen molar-refractivity contribution >= 4 is 45.8 Å². The third-order valence-corrected chi connectivity index (χ3v) is 5.42. The highest BCUT2D eigenvalue weighted by Crippen LogP contribution is 2.28. The van der Waals surface area contributed by atoms with Crippen molar-refractivity contribution in [1.82, 2.24) is 13.7 Å². The molecule has 4 rings (SSSR count). The van der Waals surface area contributed by atoms with Crippen molar-refractivity contribution in [1.29, 1.82) is 0 Å². The molecule has 2 heterocycles. The second-order valence-electron chi connectivity index (χ2n) is 7.16. The Morgan fingerprint density at radius 1 is 0.968 bits per heavy atom. The van der Waals surface area contributed by atoms with Gasteiger partial charge in [-0.1, -0.05) is 53.5 Å². The maximum absolute atomic E-state index is 13.0. The van der Waals surface area contributed by atoms with Crippen LogP contribution in [-0.2, 0) is 25.4 Å². The first-order chi connectivity index (χ1) is 14.8. The molecular formula is C22H18Cl2N4O3. The van der Waals surface area contributed by atoms with Crippen LogP contribution in [0.1, 0.15) is 0 Å². The molecule has 158 valence electrons. The van der Waals surface area contributed by atoms with Gasteiger partial charge < -0.3 is 9.88 Å². The van der Waals surface area contributed by atoms with E-state index in [1.807, 2.05) is 30.3 Å². The van der Waals surface area contributed by atoms with Crippen LogP contribution in [-0.4, -0.2) is 19.6 Å². The second kappa shape index (κ2) is 8.09. The van der Waals surface area contributed by atoms with Crippen molar-refractivity contribution < 1.29 is 4.79 Å². The molecule has 0 bridgehead atoms. The van der Waals surface area contributed by atoms with Gasteiger partial charge in [-0.3, -0.25) is 18.7 Å². The van der Waals surface area contributed by atoms with Crippen molar-refractivity contribution in [3.05, 3.63) is 85.6 Å². The van der Waals surface area contributed by atoms with E-state index in [1.54, 1.807) is 36.0 Å². The third-order valence-electron chi connectivity index (χ3n) is 4.98. The normalized spacial score (nSPS) is 11.1. The number of hydrogen-bond donors (Lipinski definition) is 1. The first kappa shape index (κ1) is 21.0. The molecule has 0 spiro atoms. The summed E-state index contributed by atoms with van der Waals surface area (Å²) in [6, 6.07) is 14.1. The fourth-order valence-corrected chi connectivity index (χ4v) is 4.13. The Balaban J connectivity index is 1.86. The van der Waals surface area contributed by atoms with Crippen LogP contribution in [0.25, 0.3) is 22.2 Å². The van der Waals surface area contributed by atoms with Gasteiger partial charge in [0.1, 0.15) is 12.1 Å². The van der Waals surface area contributed by atoms with Crippen LogP contribution in [0.4, 0.5) is 5.69 Å². The molecule has 0 aliphatic rings. The van der Waals surface area contributed by atoms with Gasteiger partial charge in [0.05, 0.1) is 5.52 Å². The molecule has 4 aromatic rings. The number of rotatable bonds is 4. The minimum absolute atomic E-state index is 0.294. The minimum atomic E-state index is -0.583. The van der Waals surface area contributed by atoms with Gasteiger partial charge in [0.15, 0.2) is 0 Å². The monoisotopic (exact) mass is 456 g/mol. The molecular weight excluding hydrogens is 439 g/mol. The number of anilines is 1. The number of carbonyl (C=O) groups is 1. The van der Waals surface area contributed by atoms with E-state index < -0.39 is 17.2 Å². The zero-order chi connectivity index (χ0) is 22.3. The summed E-state index contributed by atoms with van der Waals surface area (Å²) in [5, 5.41) is 3.45. The molecule has 0 atom stereocenters. The van der Waals surface area contributed by atoms with E-state index in [0.29, 0.717) is 32.3 Å². The highest BCUT2D eigenvalue weighted by Gasteiger charge is 2.21. The number of benzene rings is 2. The molecule has 31 heavy (non-hydrogen) atoms. The summed E-state index contributed by atoms with van der Waals surface area (Å²) in [6.45, 7) is -0.294.